The molecule has 0 aliphatic rings. The van der Waals surface area contributed by atoms with Crippen molar-refractivity contribution in [2.45, 2.75) is 6.92 Å². The molecule has 0 fully saturated rings. The fourth-order valence-electron chi connectivity index (χ4n) is 1.50. The van der Waals surface area contributed by atoms with Gasteiger partial charge in [-0.3, -0.25) is 10.1 Å². The van der Waals surface area contributed by atoms with E-state index in [9.17, 15) is 14.4 Å². The number of amides is 3. The second-order valence-corrected chi connectivity index (χ2v) is 4.40. The molecule has 1 rings (SSSR count). The van der Waals surface area contributed by atoms with Crippen LogP contribution in [0.3, 0.4) is 0 Å². The van der Waals surface area contributed by atoms with Crippen molar-refractivity contribution in [1.29, 1.82) is 0 Å². The second kappa shape index (κ2) is 10.7. The van der Waals surface area contributed by atoms with Crippen LogP contribution in [0.1, 0.15) is 6.92 Å². The molecule has 2 N–H and O–H groups in total. The van der Waals surface area contributed by atoms with E-state index in [1.807, 2.05) is 12.2 Å². The van der Waals surface area contributed by atoms with Crippen molar-refractivity contribution < 1.29 is 28.6 Å². The van der Waals surface area contributed by atoms with Crippen LogP contribution in [-0.2, 0) is 14.3 Å². The van der Waals surface area contributed by atoms with Crippen LogP contribution in [0.15, 0.2) is 36.9 Å². The molecule has 3 amide bonds. The van der Waals surface area contributed by atoms with Crippen LogP contribution >= 0.6 is 0 Å². The minimum atomic E-state index is -0.744. The van der Waals surface area contributed by atoms with Crippen molar-refractivity contribution in [3.8, 4) is 11.5 Å². The molecule has 0 unspecified atom stereocenters. The molecule has 0 spiro atoms. The Morgan fingerprint density at radius 3 is 2.29 bits per heavy atom. The van der Waals surface area contributed by atoms with Gasteiger partial charge in [0.2, 0.25) is 0 Å². The summed E-state index contributed by atoms with van der Waals surface area (Å²) in [6.07, 6.45) is 1.46. The van der Waals surface area contributed by atoms with Crippen LogP contribution in [0.2, 0.25) is 0 Å². The average molecular weight is 336 g/mol. The van der Waals surface area contributed by atoms with E-state index in [0.29, 0.717) is 18.1 Å². The molecule has 130 valence electrons. The third kappa shape index (κ3) is 7.83. The highest BCUT2D eigenvalue weighted by Crippen LogP contribution is 2.17. The molecule has 0 aliphatic carbocycles. The molecule has 0 aliphatic heterocycles. The van der Waals surface area contributed by atoms with E-state index in [1.165, 1.54) is 6.08 Å². The molecule has 0 atom stereocenters. The number of nitrogens with one attached hydrogen (secondary N) is 2. The van der Waals surface area contributed by atoms with Crippen molar-refractivity contribution in [2.75, 3.05) is 26.4 Å². The van der Waals surface area contributed by atoms with Crippen LogP contribution in [-0.4, -0.2) is 44.3 Å². The summed E-state index contributed by atoms with van der Waals surface area (Å²) >= 11 is 0. The maximum atomic E-state index is 11.5. The van der Waals surface area contributed by atoms with Gasteiger partial charge >= 0.3 is 12.0 Å². The van der Waals surface area contributed by atoms with Crippen molar-refractivity contribution in [2.24, 2.45) is 0 Å². The first-order valence-corrected chi connectivity index (χ1v) is 7.25. The van der Waals surface area contributed by atoms with Crippen molar-refractivity contribution >= 4 is 17.9 Å². The molecule has 0 aromatic heterocycles. The van der Waals surface area contributed by atoms with Gasteiger partial charge in [-0.05, 0) is 31.2 Å². The van der Waals surface area contributed by atoms with E-state index in [0.717, 1.165) is 0 Å². The predicted molar refractivity (Wildman–Crippen MR) is 85.8 cm³/mol. The monoisotopic (exact) mass is 336 g/mol. The molecule has 1 aromatic rings. The van der Waals surface area contributed by atoms with Gasteiger partial charge in [0.25, 0.3) is 5.91 Å². The lowest BCUT2D eigenvalue weighted by molar-refractivity contribution is -0.150. The van der Waals surface area contributed by atoms with Gasteiger partial charge in [-0.15, -0.1) is 6.58 Å². The molecule has 24 heavy (non-hydrogen) atoms. The number of urea groups is 1. The van der Waals surface area contributed by atoms with E-state index in [1.54, 1.807) is 24.3 Å². The minimum absolute atomic E-state index is 0.217. The maximum absolute atomic E-state index is 11.5. The number of rotatable bonds is 9. The van der Waals surface area contributed by atoms with Gasteiger partial charge in [0.05, 0.1) is 6.61 Å². The smallest absolute Gasteiger partial charge is 0.344 e. The van der Waals surface area contributed by atoms with Gasteiger partial charge < -0.3 is 19.5 Å². The van der Waals surface area contributed by atoms with Crippen LogP contribution < -0.4 is 20.1 Å². The van der Waals surface area contributed by atoms with E-state index >= 15 is 0 Å². The SMILES string of the molecule is C=CCNC(=O)NC(=O)COC(=O)COc1ccc(OCC)cc1. The van der Waals surface area contributed by atoms with Crippen molar-refractivity contribution in [3.63, 3.8) is 0 Å². The van der Waals surface area contributed by atoms with Crippen LogP contribution in [0, 0.1) is 0 Å². The van der Waals surface area contributed by atoms with Crippen LogP contribution in [0.5, 0.6) is 11.5 Å². The zero-order valence-electron chi connectivity index (χ0n) is 13.4. The first kappa shape index (κ1) is 19.0. The summed E-state index contributed by atoms with van der Waals surface area (Å²) in [5.74, 6) is -0.320. The molecule has 0 radical (unpaired) electrons. The van der Waals surface area contributed by atoms with Gasteiger partial charge in [-0.1, -0.05) is 6.08 Å². The largest absolute Gasteiger partial charge is 0.494 e. The predicted octanol–water partition coefficient (Wildman–Crippen LogP) is 1.02. The molecular formula is C16H20N2O6. The Kier molecular flexibility index (Phi) is 8.44. The third-order valence-corrected chi connectivity index (χ3v) is 2.52. The normalized spacial score (nSPS) is 9.54. The van der Waals surface area contributed by atoms with Crippen molar-refractivity contribution in [3.05, 3.63) is 36.9 Å². The zero-order chi connectivity index (χ0) is 17.8. The summed E-state index contributed by atoms with van der Waals surface area (Å²) < 4.78 is 15.2. The highest BCUT2D eigenvalue weighted by Gasteiger charge is 2.11. The molecule has 0 heterocycles. The Balaban J connectivity index is 2.24. The summed E-state index contributed by atoms with van der Waals surface area (Å²) in [6.45, 7) is 5.13. The number of carbonyl (C=O) groups excluding carboxylic acids is 3. The third-order valence-electron chi connectivity index (χ3n) is 2.52. The lowest BCUT2D eigenvalue weighted by Gasteiger charge is -2.08. The number of hydrogen-bond donors (Lipinski definition) is 2. The number of hydrogen-bond acceptors (Lipinski definition) is 6. The molecule has 0 bridgehead atoms. The van der Waals surface area contributed by atoms with Gasteiger partial charge in [0.15, 0.2) is 13.2 Å². The lowest BCUT2D eigenvalue weighted by Crippen LogP contribution is -2.41. The number of benzene rings is 1. The first-order valence-electron chi connectivity index (χ1n) is 7.25. The van der Waals surface area contributed by atoms with Crippen LogP contribution in [0.4, 0.5) is 4.79 Å². The number of ether oxygens (including phenoxy) is 3. The maximum Gasteiger partial charge on any atom is 0.344 e. The van der Waals surface area contributed by atoms with Gasteiger partial charge in [0.1, 0.15) is 11.5 Å². The summed E-state index contributed by atoms with van der Waals surface area (Å²) in [6, 6.07) is 6.02. The van der Waals surface area contributed by atoms with Crippen molar-refractivity contribution in [1.82, 2.24) is 10.6 Å². The topological polar surface area (TPSA) is 103 Å². The molecule has 0 saturated heterocycles. The zero-order valence-corrected chi connectivity index (χ0v) is 13.4. The molecule has 0 saturated carbocycles. The highest BCUT2D eigenvalue weighted by atomic mass is 16.6. The molecular weight excluding hydrogens is 316 g/mol. The quantitative estimate of drug-likeness (QED) is 0.515. The first-order chi connectivity index (χ1) is 11.5. The number of carbonyl (C=O) groups is 3. The van der Waals surface area contributed by atoms with Gasteiger partial charge in [-0.2, -0.15) is 0 Å². The molecule has 8 nitrogen and oxygen atoms in total. The van der Waals surface area contributed by atoms with Gasteiger partial charge in [0, 0.05) is 6.54 Å². The number of esters is 1. The van der Waals surface area contributed by atoms with E-state index in [4.69, 9.17) is 14.2 Å². The average Bonchev–Trinajstić information content (AvgIpc) is 2.57. The molecule has 8 heteroatoms. The second-order valence-electron chi connectivity index (χ2n) is 4.40. The Morgan fingerprint density at radius 2 is 1.71 bits per heavy atom. The minimum Gasteiger partial charge on any atom is -0.494 e. The Labute approximate surface area is 139 Å². The molecule has 1 aromatic carbocycles. The van der Waals surface area contributed by atoms with E-state index in [-0.39, 0.29) is 13.2 Å². The lowest BCUT2D eigenvalue weighted by atomic mass is 10.3. The Hall–Kier alpha value is -3.03. The fraction of sp³-hybridized carbons (Fsp3) is 0.312. The van der Waals surface area contributed by atoms with E-state index < -0.39 is 24.5 Å². The fourth-order valence-corrected chi connectivity index (χ4v) is 1.50. The van der Waals surface area contributed by atoms with E-state index in [2.05, 4.69) is 11.9 Å². The summed E-state index contributed by atoms with van der Waals surface area (Å²) in [4.78, 5) is 34.0. The summed E-state index contributed by atoms with van der Waals surface area (Å²) in [5, 5.41) is 4.34. The Bertz CT molecular complexity index is 570. The summed E-state index contributed by atoms with van der Waals surface area (Å²) in [5.41, 5.74) is 0. The van der Waals surface area contributed by atoms with Crippen LogP contribution in [0.25, 0.3) is 0 Å². The number of imide groups is 1. The Morgan fingerprint density at radius 1 is 1.08 bits per heavy atom. The van der Waals surface area contributed by atoms with Gasteiger partial charge in [-0.25, -0.2) is 9.59 Å². The highest BCUT2D eigenvalue weighted by molar-refractivity contribution is 5.95. The standard InChI is InChI=1S/C16H20N2O6/c1-3-9-17-16(21)18-14(19)10-24-15(20)11-23-13-7-5-12(6-8-13)22-4-2/h3,5-8H,1,4,9-11H2,2H3,(H2,17,18,19,21). The summed E-state index contributed by atoms with van der Waals surface area (Å²) in [7, 11) is 0.